The molecule has 4 amide bonds. The molecule has 2 aliphatic carbocycles. The molecule has 8 heteroatoms. The molecule has 1 atom stereocenters. The van der Waals surface area contributed by atoms with Crippen LogP contribution in [0.2, 0.25) is 0 Å². The van der Waals surface area contributed by atoms with Crippen LogP contribution in [-0.2, 0) is 16.1 Å². The van der Waals surface area contributed by atoms with Gasteiger partial charge in [-0.25, -0.2) is 0 Å². The van der Waals surface area contributed by atoms with E-state index in [2.05, 4.69) is 16.7 Å². The van der Waals surface area contributed by atoms with Crippen molar-refractivity contribution >= 4 is 23.6 Å². The van der Waals surface area contributed by atoms with Crippen LogP contribution in [0, 0.1) is 16.7 Å². The van der Waals surface area contributed by atoms with Gasteiger partial charge in [0, 0.05) is 30.1 Å². The highest BCUT2D eigenvalue weighted by Crippen LogP contribution is 2.61. The average Bonchev–Trinajstić information content (AvgIpc) is 3.15. The minimum absolute atomic E-state index is 0.146. The van der Waals surface area contributed by atoms with Crippen molar-refractivity contribution in [2.45, 2.75) is 63.1 Å². The predicted octanol–water partition coefficient (Wildman–Crippen LogP) is 2.78. The van der Waals surface area contributed by atoms with Crippen LogP contribution < -0.4 is 10.6 Å². The van der Waals surface area contributed by atoms with Crippen LogP contribution in [0.3, 0.4) is 0 Å². The maximum Gasteiger partial charge on any atom is 0.255 e. The number of benzene rings is 2. The molecule has 2 heterocycles. The molecule has 182 valence electrons. The summed E-state index contributed by atoms with van der Waals surface area (Å²) >= 11 is 0. The third-order valence-electron chi connectivity index (χ3n) is 8.35. The molecular weight excluding hydrogens is 456 g/mol. The van der Waals surface area contributed by atoms with E-state index in [1.165, 1.54) is 10.5 Å². The van der Waals surface area contributed by atoms with Gasteiger partial charge in [-0.3, -0.25) is 24.5 Å². The average molecular weight is 483 g/mol. The number of hydrogen-bond donors (Lipinski definition) is 2. The summed E-state index contributed by atoms with van der Waals surface area (Å²) in [7, 11) is 0. The van der Waals surface area contributed by atoms with E-state index < -0.39 is 11.9 Å². The van der Waals surface area contributed by atoms with Gasteiger partial charge in [-0.2, -0.15) is 5.26 Å². The zero-order valence-electron chi connectivity index (χ0n) is 19.8. The van der Waals surface area contributed by atoms with Gasteiger partial charge >= 0.3 is 0 Å². The van der Waals surface area contributed by atoms with Crippen LogP contribution in [0.25, 0.3) is 0 Å². The number of carbonyl (C=O) groups is 4. The monoisotopic (exact) mass is 482 g/mol. The lowest BCUT2D eigenvalue weighted by molar-refractivity contribution is -0.136. The molecule has 2 saturated carbocycles. The van der Waals surface area contributed by atoms with E-state index in [9.17, 15) is 19.2 Å². The first-order chi connectivity index (χ1) is 17.3. The lowest BCUT2D eigenvalue weighted by Crippen LogP contribution is -2.55. The molecule has 4 aliphatic rings. The van der Waals surface area contributed by atoms with Gasteiger partial charge < -0.3 is 10.2 Å². The third-order valence-corrected chi connectivity index (χ3v) is 8.35. The largest absolute Gasteiger partial charge is 0.349 e. The molecular formula is C28H26N4O4. The van der Waals surface area contributed by atoms with Crippen LogP contribution in [0.4, 0.5) is 0 Å². The summed E-state index contributed by atoms with van der Waals surface area (Å²) in [5.41, 5.74) is 4.01. The van der Waals surface area contributed by atoms with Crippen molar-refractivity contribution in [3.8, 4) is 6.07 Å². The molecule has 0 radical (unpaired) electrons. The van der Waals surface area contributed by atoms with Gasteiger partial charge in [0.2, 0.25) is 11.8 Å². The molecule has 0 aromatic heterocycles. The quantitative estimate of drug-likeness (QED) is 0.650. The highest BCUT2D eigenvalue weighted by Gasteiger charge is 2.53. The van der Waals surface area contributed by atoms with Crippen molar-refractivity contribution in [2.24, 2.45) is 5.41 Å². The molecule has 1 spiro atoms. The van der Waals surface area contributed by atoms with Crippen molar-refractivity contribution in [1.29, 1.82) is 5.26 Å². The van der Waals surface area contributed by atoms with Gasteiger partial charge in [0.1, 0.15) is 6.04 Å². The minimum Gasteiger partial charge on any atom is -0.349 e. The van der Waals surface area contributed by atoms with E-state index in [1.54, 1.807) is 18.2 Å². The molecule has 36 heavy (non-hydrogen) atoms. The fraction of sp³-hybridized carbons (Fsp3) is 0.393. The highest BCUT2D eigenvalue weighted by molar-refractivity contribution is 6.06. The Balaban J connectivity index is 1.04. The first-order valence-corrected chi connectivity index (χ1v) is 12.4. The fourth-order valence-electron chi connectivity index (χ4n) is 6.46. The van der Waals surface area contributed by atoms with Crippen molar-refractivity contribution < 1.29 is 19.2 Å². The Bertz CT molecular complexity index is 1330. The van der Waals surface area contributed by atoms with Crippen LogP contribution in [0.15, 0.2) is 42.5 Å². The van der Waals surface area contributed by atoms with E-state index in [0.717, 1.165) is 31.2 Å². The summed E-state index contributed by atoms with van der Waals surface area (Å²) in [5.74, 6) is -0.622. The first-order valence-electron chi connectivity index (χ1n) is 12.4. The first kappa shape index (κ1) is 22.5. The van der Waals surface area contributed by atoms with E-state index in [4.69, 9.17) is 5.26 Å². The lowest BCUT2D eigenvalue weighted by Gasteiger charge is -2.58. The Morgan fingerprint density at radius 2 is 1.81 bits per heavy atom. The van der Waals surface area contributed by atoms with E-state index in [0.29, 0.717) is 34.4 Å². The summed E-state index contributed by atoms with van der Waals surface area (Å²) in [4.78, 5) is 51.0. The molecule has 2 aliphatic heterocycles. The van der Waals surface area contributed by atoms with E-state index in [-0.39, 0.29) is 36.7 Å². The van der Waals surface area contributed by atoms with Gasteiger partial charge in [0.05, 0.1) is 11.6 Å². The Morgan fingerprint density at radius 3 is 2.50 bits per heavy atom. The number of amides is 4. The third kappa shape index (κ3) is 3.76. The van der Waals surface area contributed by atoms with Gasteiger partial charge in [0.25, 0.3) is 11.8 Å². The van der Waals surface area contributed by atoms with Crippen LogP contribution >= 0.6 is 0 Å². The summed E-state index contributed by atoms with van der Waals surface area (Å²) in [5, 5.41) is 14.4. The Labute approximate surface area is 208 Å². The molecule has 2 aromatic rings. The normalized spacial score (nSPS) is 28.6. The molecule has 3 fully saturated rings. The van der Waals surface area contributed by atoms with Crippen molar-refractivity contribution in [2.75, 3.05) is 0 Å². The van der Waals surface area contributed by atoms with Crippen molar-refractivity contribution in [3.63, 3.8) is 0 Å². The molecule has 1 unspecified atom stereocenters. The Morgan fingerprint density at radius 1 is 1.06 bits per heavy atom. The number of hydrogen-bond acceptors (Lipinski definition) is 5. The number of imide groups is 1. The van der Waals surface area contributed by atoms with Crippen molar-refractivity contribution in [1.82, 2.24) is 15.5 Å². The van der Waals surface area contributed by atoms with Gasteiger partial charge in [-0.05, 0) is 84.9 Å². The topological polar surface area (TPSA) is 119 Å². The van der Waals surface area contributed by atoms with Crippen LogP contribution in [-0.4, -0.2) is 40.6 Å². The standard InChI is InChI=1S/C28H26N4O4/c29-14-16-1-3-17(4-2-16)20-10-28(11-20)12-21(13-28)30-25(34)18-5-6-22-19(9-18)15-32(27(22)36)23-7-8-24(33)31-26(23)35/h1-6,9,20-21,23H,7-8,10-13,15H2,(H,30,34)(H,31,33,35). The maximum absolute atomic E-state index is 12.9. The van der Waals surface area contributed by atoms with Gasteiger partial charge in [-0.1, -0.05) is 12.1 Å². The van der Waals surface area contributed by atoms with E-state index >= 15 is 0 Å². The maximum atomic E-state index is 12.9. The second-order valence-electron chi connectivity index (χ2n) is 10.7. The summed E-state index contributed by atoms with van der Waals surface area (Å²) in [6.07, 6.45) is 4.69. The highest BCUT2D eigenvalue weighted by atomic mass is 16.2. The molecule has 2 aromatic carbocycles. The van der Waals surface area contributed by atoms with Gasteiger partial charge in [-0.15, -0.1) is 0 Å². The number of rotatable bonds is 4. The molecule has 0 bridgehead atoms. The second-order valence-corrected chi connectivity index (χ2v) is 10.7. The molecule has 2 N–H and O–H groups in total. The second kappa shape index (κ2) is 8.30. The van der Waals surface area contributed by atoms with Crippen molar-refractivity contribution in [3.05, 3.63) is 70.3 Å². The molecule has 8 nitrogen and oxygen atoms in total. The minimum atomic E-state index is -0.665. The summed E-state index contributed by atoms with van der Waals surface area (Å²) in [6, 6.07) is 14.6. The zero-order chi connectivity index (χ0) is 25.0. The number of fused-ring (bicyclic) bond motifs is 1. The number of piperidine rings is 1. The smallest absolute Gasteiger partial charge is 0.255 e. The SMILES string of the molecule is N#Cc1ccc(C2CC3(CC(NC(=O)c4ccc5c(c4)CN(C4CCC(=O)NC4=O)C5=O)C3)C2)cc1. The summed E-state index contributed by atoms with van der Waals surface area (Å²) < 4.78 is 0. The molecule has 6 rings (SSSR count). The lowest BCUT2D eigenvalue weighted by atomic mass is 9.49. The Kier molecular flexibility index (Phi) is 5.18. The van der Waals surface area contributed by atoms with E-state index in [1.807, 2.05) is 24.3 Å². The molecule has 1 saturated heterocycles. The predicted molar refractivity (Wildman–Crippen MR) is 129 cm³/mol. The fourth-order valence-corrected chi connectivity index (χ4v) is 6.46. The van der Waals surface area contributed by atoms with Gasteiger partial charge in [0.15, 0.2) is 0 Å². The Hall–Kier alpha value is -3.99. The number of carbonyl (C=O) groups excluding carboxylic acids is 4. The number of nitriles is 1. The van der Waals surface area contributed by atoms with Crippen LogP contribution in [0.5, 0.6) is 0 Å². The van der Waals surface area contributed by atoms with Crippen LogP contribution in [0.1, 0.15) is 81.8 Å². The zero-order valence-corrected chi connectivity index (χ0v) is 19.8. The summed E-state index contributed by atoms with van der Waals surface area (Å²) in [6.45, 7) is 0.255. The number of nitrogens with one attached hydrogen (secondary N) is 2. The number of nitrogens with zero attached hydrogens (tertiary/aromatic N) is 2.